The highest BCUT2D eigenvalue weighted by molar-refractivity contribution is 6.37. The molecule has 0 spiro atoms. The van der Waals surface area contributed by atoms with E-state index in [1.54, 1.807) is 24.5 Å². The van der Waals surface area contributed by atoms with E-state index >= 15 is 0 Å². The highest BCUT2D eigenvalue weighted by Gasteiger charge is 2.11. The Labute approximate surface area is 96.0 Å². The first-order chi connectivity index (χ1) is 7.24. The molecule has 0 aliphatic carbocycles. The normalized spacial score (nSPS) is 10.6. The summed E-state index contributed by atoms with van der Waals surface area (Å²) < 4.78 is 1.51. The summed E-state index contributed by atoms with van der Waals surface area (Å²) >= 11 is 11.9. The number of hydrogen-bond donors (Lipinski definition) is 1. The largest absolute Gasteiger partial charge is 0.392 e. The lowest BCUT2D eigenvalue weighted by Gasteiger charge is -2.08. The van der Waals surface area contributed by atoms with Crippen LogP contribution in [0, 0.1) is 0 Å². The average Bonchev–Trinajstić information content (AvgIpc) is 2.71. The number of aromatic nitrogens is 3. The quantitative estimate of drug-likeness (QED) is 0.879. The van der Waals surface area contributed by atoms with Crippen molar-refractivity contribution in [3.63, 3.8) is 0 Å². The first-order valence-electron chi connectivity index (χ1n) is 4.18. The molecule has 0 aliphatic rings. The molecule has 0 saturated heterocycles. The summed E-state index contributed by atoms with van der Waals surface area (Å²) in [6.45, 7) is -0.208. The van der Waals surface area contributed by atoms with Crippen LogP contribution in [0.25, 0.3) is 5.69 Å². The Morgan fingerprint density at radius 2 is 2.13 bits per heavy atom. The van der Waals surface area contributed by atoms with Gasteiger partial charge in [-0.3, -0.25) is 0 Å². The molecule has 1 heterocycles. The number of hydrogen-bond acceptors (Lipinski definition) is 3. The predicted octanol–water partition coefficient (Wildman–Crippen LogP) is 2.07. The van der Waals surface area contributed by atoms with Crippen molar-refractivity contribution in [3.05, 3.63) is 40.1 Å². The number of aliphatic hydroxyl groups excluding tert-OH is 1. The van der Waals surface area contributed by atoms with Gasteiger partial charge < -0.3 is 5.11 Å². The van der Waals surface area contributed by atoms with Crippen molar-refractivity contribution in [2.75, 3.05) is 0 Å². The smallest absolute Gasteiger partial charge is 0.0854 e. The monoisotopic (exact) mass is 243 g/mol. The molecule has 0 unspecified atom stereocenters. The average molecular weight is 244 g/mol. The van der Waals surface area contributed by atoms with Crippen molar-refractivity contribution < 1.29 is 5.11 Å². The van der Waals surface area contributed by atoms with Gasteiger partial charge in [0, 0.05) is 10.6 Å². The molecule has 2 aromatic rings. The minimum absolute atomic E-state index is 0.208. The molecule has 6 heteroatoms. The summed E-state index contributed by atoms with van der Waals surface area (Å²) in [6.07, 6.45) is 3.21. The Bertz CT molecular complexity index is 470. The van der Waals surface area contributed by atoms with E-state index in [1.165, 1.54) is 4.68 Å². The number of nitrogens with zero attached hydrogens (tertiary/aromatic N) is 3. The molecule has 78 valence electrons. The van der Waals surface area contributed by atoms with Crippen molar-refractivity contribution in [2.24, 2.45) is 0 Å². The summed E-state index contributed by atoms with van der Waals surface area (Å²) in [4.78, 5) is 0. The van der Waals surface area contributed by atoms with Crippen LogP contribution in [0.2, 0.25) is 10.0 Å². The lowest BCUT2D eigenvalue weighted by atomic mass is 10.2. The summed E-state index contributed by atoms with van der Waals surface area (Å²) in [6, 6.07) is 3.38. The van der Waals surface area contributed by atoms with Crippen molar-refractivity contribution in [1.82, 2.24) is 15.0 Å². The van der Waals surface area contributed by atoms with Gasteiger partial charge in [-0.1, -0.05) is 28.4 Å². The molecule has 4 nitrogen and oxygen atoms in total. The third-order valence-corrected chi connectivity index (χ3v) is 2.77. The maximum atomic E-state index is 9.11. The molecule has 0 radical (unpaired) electrons. The van der Waals surface area contributed by atoms with Crippen LogP contribution in [0.5, 0.6) is 0 Å². The van der Waals surface area contributed by atoms with Crippen molar-refractivity contribution >= 4 is 23.2 Å². The van der Waals surface area contributed by atoms with Gasteiger partial charge in [0.1, 0.15) is 0 Å². The van der Waals surface area contributed by atoms with E-state index in [4.69, 9.17) is 28.3 Å². The minimum Gasteiger partial charge on any atom is -0.392 e. The number of halogens is 2. The molecule has 0 atom stereocenters. The van der Waals surface area contributed by atoms with Gasteiger partial charge in [0.05, 0.1) is 29.7 Å². The number of aliphatic hydroxyl groups is 1. The highest BCUT2D eigenvalue weighted by atomic mass is 35.5. The van der Waals surface area contributed by atoms with Crippen LogP contribution < -0.4 is 0 Å². The fourth-order valence-electron chi connectivity index (χ4n) is 1.24. The van der Waals surface area contributed by atoms with E-state index in [0.29, 0.717) is 21.3 Å². The molecule has 0 saturated carbocycles. The fraction of sp³-hybridized carbons (Fsp3) is 0.111. The second-order valence-corrected chi connectivity index (χ2v) is 3.65. The van der Waals surface area contributed by atoms with Crippen LogP contribution in [0.1, 0.15) is 5.56 Å². The van der Waals surface area contributed by atoms with Gasteiger partial charge in [-0.15, -0.1) is 5.10 Å². The van der Waals surface area contributed by atoms with Crippen LogP contribution in [-0.2, 0) is 6.61 Å². The summed E-state index contributed by atoms with van der Waals surface area (Å²) in [5.74, 6) is 0. The standard InChI is InChI=1S/C9H7Cl2N3O/c10-7-1-2-8(9(11)6(7)5-15)14-4-3-12-13-14/h1-4,15H,5H2. The van der Waals surface area contributed by atoms with Gasteiger partial charge in [0.25, 0.3) is 0 Å². The summed E-state index contributed by atoms with van der Waals surface area (Å²) in [5, 5.41) is 17.4. The molecule has 1 aromatic carbocycles. The van der Waals surface area contributed by atoms with Crippen molar-refractivity contribution in [1.29, 1.82) is 0 Å². The van der Waals surface area contributed by atoms with E-state index in [2.05, 4.69) is 10.3 Å². The predicted molar refractivity (Wildman–Crippen MR) is 57.3 cm³/mol. The second-order valence-electron chi connectivity index (χ2n) is 2.86. The SMILES string of the molecule is OCc1c(Cl)ccc(-n2ccnn2)c1Cl. The maximum Gasteiger partial charge on any atom is 0.0854 e. The molecule has 0 fully saturated rings. The lowest BCUT2D eigenvalue weighted by molar-refractivity contribution is 0.282. The zero-order valence-corrected chi connectivity index (χ0v) is 9.07. The molecule has 1 aromatic heterocycles. The first-order valence-corrected chi connectivity index (χ1v) is 4.94. The van der Waals surface area contributed by atoms with Crippen LogP contribution >= 0.6 is 23.2 Å². The molecular formula is C9H7Cl2N3O. The summed E-state index contributed by atoms with van der Waals surface area (Å²) in [7, 11) is 0. The van der Waals surface area contributed by atoms with Crippen LogP contribution in [0.4, 0.5) is 0 Å². The maximum absolute atomic E-state index is 9.11. The number of benzene rings is 1. The van der Waals surface area contributed by atoms with Crippen LogP contribution in [0.15, 0.2) is 24.5 Å². The van der Waals surface area contributed by atoms with E-state index in [9.17, 15) is 0 Å². The molecule has 2 rings (SSSR count). The Morgan fingerprint density at radius 1 is 1.33 bits per heavy atom. The van der Waals surface area contributed by atoms with Gasteiger partial charge in [0.15, 0.2) is 0 Å². The van der Waals surface area contributed by atoms with E-state index in [-0.39, 0.29) is 6.61 Å². The van der Waals surface area contributed by atoms with Crippen LogP contribution in [-0.4, -0.2) is 20.1 Å². The topological polar surface area (TPSA) is 50.9 Å². The second kappa shape index (κ2) is 4.18. The van der Waals surface area contributed by atoms with Gasteiger partial charge in [0.2, 0.25) is 0 Å². The Kier molecular flexibility index (Phi) is 2.90. The first kappa shape index (κ1) is 10.4. The molecule has 1 N–H and O–H groups in total. The molecule has 15 heavy (non-hydrogen) atoms. The Hall–Kier alpha value is -1.10. The minimum atomic E-state index is -0.208. The van der Waals surface area contributed by atoms with Crippen molar-refractivity contribution in [3.8, 4) is 5.69 Å². The van der Waals surface area contributed by atoms with Crippen molar-refractivity contribution in [2.45, 2.75) is 6.61 Å². The van der Waals surface area contributed by atoms with Gasteiger partial charge in [-0.2, -0.15) is 0 Å². The van der Waals surface area contributed by atoms with E-state index in [1.807, 2.05) is 0 Å². The van der Waals surface area contributed by atoms with Gasteiger partial charge in [-0.25, -0.2) is 4.68 Å². The molecule has 0 amide bonds. The lowest BCUT2D eigenvalue weighted by Crippen LogP contribution is -1.99. The Morgan fingerprint density at radius 3 is 2.73 bits per heavy atom. The molecule has 0 bridgehead atoms. The van der Waals surface area contributed by atoms with Gasteiger partial charge in [-0.05, 0) is 12.1 Å². The summed E-state index contributed by atoms with van der Waals surface area (Å²) in [5.41, 5.74) is 1.13. The van der Waals surface area contributed by atoms with Gasteiger partial charge >= 0.3 is 0 Å². The van der Waals surface area contributed by atoms with E-state index in [0.717, 1.165) is 0 Å². The highest BCUT2D eigenvalue weighted by Crippen LogP contribution is 2.29. The van der Waals surface area contributed by atoms with Crippen LogP contribution in [0.3, 0.4) is 0 Å². The zero-order chi connectivity index (χ0) is 10.8. The third kappa shape index (κ3) is 1.84. The zero-order valence-electron chi connectivity index (χ0n) is 7.56. The third-order valence-electron chi connectivity index (χ3n) is 1.99. The molecule has 0 aliphatic heterocycles. The molecular weight excluding hydrogens is 237 g/mol. The number of rotatable bonds is 2. The Balaban J connectivity index is 2.60. The fourth-order valence-corrected chi connectivity index (χ4v) is 1.82. The van der Waals surface area contributed by atoms with E-state index < -0.39 is 0 Å².